The smallest absolute Gasteiger partial charge is 0.191 e. The molecule has 0 aliphatic carbocycles. The Kier molecular flexibility index (Phi) is 11.8. The van der Waals surface area contributed by atoms with Gasteiger partial charge in [-0.15, -0.1) is 24.0 Å². The molecule has 1 aromatic carbocycles. The molecule has 1 saturated heterocycles. The maximum atomic E-state index is 5.57. The van der Waals surface area contributed by atoms with Crippen LogP contribution in [-0.2, 0) is 18.2 Å². The van der Waals surface area contributed by atoms with E-state index in [9.17, 15) is 0 Å². The van der Waals surface area contributed by atoms with Crippen LogP contribution in [0.2, 0.25) is 0 Å². The van der Waals surface area contributed by atoms with Crippen LogP contribution in [-0.4, -0.2) is 81.3 Å². The standard InChI is InChI=1S/C23H36N6O3.HI/c1-24-23(25-9-5-6-18-15-27-28(2)17-18)26-16-20(29-10-12-32-13-11-29)19-7-8-21(30-3)22(14-19)31-4;/h7-8,14-15,17,20H,5-6,9-13,16H2,1-4H3,(H2,24,25,26);1H. The van der Waals surface area contributed by atoms with Crippen LogP contribution in [0.15, 0.2) is 35.6 Å². The van der Waals surface area contributed by atoms with Crippen LogP contribution >= 0.6 is 24.0 Å². The van der Waals surface area contributed by atoms with Gasteiger partial charge in [0.1, 0.15) is 0 Å². The molecule has 33 heavy (non-hydrogen) atoms. The molecule has 0 saturated carbocycles. The Morgan fingerprint density at radius 2 is 1.94 bits per heavy atom. The molecule has 0 radical (unpaired) electrons. The number of aliphatic imine (C=N–C) groups is 1. The average Bonchev–Trinajstić information content (AvgIpc) is 3.25. The van der Waals surface area contributed by atoms with E-state index in [4.69, 9.17) is 14.2 Å². The van der Waals surface area contributed by atoms with Crippen molar-refractivity contribution in [1.29, 1.82) is 0 Å². The Morgan fingerprint density at radius 3 is 2.58 bits per heavy atom. The van der Waals surface area contributed by atoms with Crippen molar-refractivity contribution in [1.82, 2.24) is 25.3 Å². The van der Waals surface area contributed by atoms with Crippen molar-refractivity contribution in [3.8, 4) is 11.5 Å². The minimum absolute atomic E-state index is 0. The van der Waals surface area contributed by atoms with Gasteiger partial charge in [0.05, 0.1) is 39.7 Å². The molecule has 2 aromatic rings. The first-order valence-electron chi connectivity index (χ1n) is 11.1. The third-order valence-electron chi connectivity index (χ3n) is 5.66. The fourth-order valence-corrected chi connectivity index (χ4v) is 3.92. The number of hydrogen-bond acceptors (Lipinski definition) is 6. The van der Waals surface area contributed by atoms with Crippen LogP contribution in [0.25, 0.3) is 0 Å². The van der Waals surface area contributed by atoms with Crippen LogP contribution in [0.5, 0.6) is 11.5 Å². The number of aryl methyl sites for hydroxylation is 2. The highest BCUT2D eigenvalue weighted by atomic mass is 127. The highest BCUT2D eigenvalue weighted by Crippen LogP contribution is 2.32. The molecule has 10 heteroatoms. The Balaban J connectivity index is 0.00000385. The topological polar surface area (TPSA) is 85.2 Å². The number of ether oxygens (including phenoxy) is 3. The highest BCUT2D eigenvalue weighted by Gasteiger charge is 2.24. The number of benzene rings is 1. The Bertz CT molecular complexity index is 870. The minimum atomic E-state index is 0. The average molecular weight is 572 g/mol. The first-order valence-corrected chi connectivity index (χ1v) is 11.1. The largest absolute Gasteiger partial charge is 0.493 e. The number of halogens is 1. The molecule has 1 aliphatic heterocycles. The lowest BCUT2D eigenvalue weighted by molar-refractivity contribution is 0.0169. The number of methoxy groups -OCH3 is 2. The van der Waals surface area contributed by atoms with E-state index >= 15 is 0 Å². The highest BCUT2D eigenvalue weighted by molar-refractivity contribution is 14.0. The number of aromatic nitrogens is 2. The summed E-state index contributed by atoms with van der Waals surface area (Å²) in [6, 6.07) is 6.29. The van der Waals surface area contributed by atoms with Crippen molar-refractivity contribution in [2.24, 2.45) is 12.0 Å². The molecule has 0 spiro atoms. The Labute approximate surface area is 213 Å². The summed E-state index contributed by atoms with van der Waals surface area (Å²) in [7, 11) is 7.07. The number of rotatable bonds is 10. The van der Waals surface area contributed by atoms with E-state index in [2.05, 4.69) is 44.0 Å². The number of nitrogens with zero attached hydrogens (tertiary/aromatic N) is 4. The van der Waals surface area contributed by atoms with Gasteiger partial charge in [-0.1, -0.05) is 6.07 Å². The predicted molar refractivity (Wildman–Crippen MR) is 141 cm³/mol. The first kappa shape index (κ1) is 27.2. The number of hydrogen-bond donors (Lipinski definition) is 2. The second-order valence-corrected chi connectivity index (χ2v) is 7.78. The van der Waals surface area contributed by atoms with E-state index in [-0.39, 0.29) is 30.0 Å². The quantitative estimate of drug-likeness (QED) is 0.196. The zero-order chi connectivity index (χ0) is 22.8. The first-order chi connectivity index (χ1) is 15.6. The third kappa shape index (κ3) is 8.04. The summed E-state index contributed by atoms with van der Waals surface area (Å²) < 4.78 is 18.4. The van der Waals surface area contributed by atoms with Gasteiger partial charge in [0.2, 0.25) is 0 Å². The summed E-state index contributed by atoms with van der Waals surface area (Å²) in [5.41, 5.74) is 2.42. The molecule has 1 aliphatic rings. The van der Waals surface area contributed by atoms with Gasteiger partial charge in [0.15, 0.2) is 17.5 Å². The summed E-state index contributed by atoms with van der Waals surface area (Å²) >= 11 is 0. The normalized spacial score (nSPS) is 15.5. The summed E-state index contributed by atoms with van der Waals surface area (Å²) in [6.07, 6.45) is 5.97. The van der Waals surface area contributed by atoms with E-state index in [1.807, 2.05) is 24.0 Å². The maximum absolute atomic E-state index is 5.57. The van der Waals surface area contributed by atoms with Crippen molar-refractivity contribution >= 4 is 29.9 Å². The molecule has 2 N–H and O–H groups in total. The lowest BCUT2D eigenvalue weighted by Crippen LogP contribution is -2.46. The molecule has 1 atom stereocenters. The summed E-state index contributed by atoms with van der Waals surface area (Å²) in [4.78, 5) is 6.84. The third-order valence-corrected chi connectivity index (χ3v) is 5.66. The van der Waals surface area contributed by atoms with Gasteiger partial charge < -0.3 is 24.8 Å². The van der Waals surface area contributed by atoms with E-state index < -0.39 is 0 Å². The lowest BCUT2D eigenvalue weighted by atomic mass is 10.0. The van der Waals surface area contributed by atoms with E-state index in [0.29, 0.717) is 0 Å². The van der Waals surface area contributed by atoms with E-state index in [1.165, 1.54) is 11.1 Å². The predicted octanol–water partition coefficient (Wildman–Crippen LogP) is 2.23. The zero-order valence-corrected chi connectivity index (χ0v) is 22.4. The van der Waals surface area contributed by atoms with Crippen LogP contribution < -0.4 is 20.1 Å². The van der Waals surface area contributed by atoms with Gasteiger partial charge in [-0.25, -0.2) is 0 Å². The number of guanidine groups is 1. The van der Waals surface area contributed by atoms with E-state index in [1.54, 1.807) is 21.3 Å². The number of nitrogens with one attached hydrogen (secondary N) is 2. The van der Waals surface area contributed by atoms with Crippen LogP contribution in [0.1, 0.15) is 23.6 Å². The molecule has 1 aromatic heterocycles. The van der Waals surface area contributed by atoms with Crippen molar-refractivity contribution in [3.05, 3.63) is 41.7 Å². The van der Waals surface area contributed by atoms with Gasteiger partial charge in [-0.3, -0.25) is 14.6 Å². The molecule has 3 rings (SSSR count). The molecule has 1 fully saturated rings. The van der Waals surface area contributed by atoms with Gasteiger partial charge in [0, 0.05) is 46.5 Å². The Hall–Kier alpha value is -2.05. The van der Waals surface area contributed by atoms with Crippen LogP contribution in [0, 0.1) is 0 Å². The van der Waals surface area contributed by atoms with Gasteiger partial charge in [-0.2, -0.15) is 5.10 Å². The molecule has 184 valence electrons. The Morgan fingerprint density at radius 1 is 1.18 bits per heavy atom. The molecule has 2 heterocycles. The lowest BCUT2D eigenvalue weighted by Gasteiger charge is -2.35. The van der Waals surface area contributed by atoms with Crippen molar-refractivity contribution < 1.29 is 14.2 Å². The molecule has 0 amide bonds. The van der Waals surface area contributed by atoms with Gasteiger partial charge in [0.25, 0.3) is 0 Å². The molecule has 9 nitrogen and oxygen atoms in total. The fraction of sp³-hybridized carbons (Fsp3) is 0.565. The SMILES string of the molecule is CN=C(NCCCc1cnn(C)c1)NCC(c1ccc(OC)c(OC)c1)N1CCOCC1.I. The second-order valence-electron chi connectivity index (χ2n) is 7.78. The van der Waals surface area contributed by atoms with Crippen molar-refractivity contribution in [2.45, 2.75) is 18.9 Å². The second kappa shape index (κ2) is 14.3. The molecule has 0 bridgehead atoms. The van der Waals surface area contributed by atoms with E-state index in [0.717, 1.165) is 69.7 Å². The van der Waals surface area contributed by atoms with Crippen LogP contribution in [0.3, 0.4) is 0 Å². The minimum Gasteiger partial charge on any atom is -0.493 e. The molecule has 1 unspecified atom stereocenters. The zero-order valence-electron chi connectivity index (χ0n) is 20.0. The van der Waals surface area contributed by atoms with Crippen molar-refractivity contribution in [3.63, 3.8) is 0 Å². The van der Waals surface area contributed by atoms with Crippen molar-refractivity contribution in [2.75, 3.05) is 60.7 Å². The summed E-state index contributed by atoms with van der Waals surface area (Å²) in [6.45, 7) is 4.82. The fourth-order valence-electron chi connectivity index (χ4n) is 3.92. The van der Waals surface area contributed by atoms with Crippen LogP contribution in [0.4, 0.5) is 0 Å². The molecular weight excluding hydrogens is 535 g/mol. The summed E-state index contributed by atoms with van der Waals surface area (Å²) in [5, 5.41) is 11.1. The number of morpholine rings is 1. The molecular formula is C23H37IN6O3. The summed E-state index contributed by atoms with van der Waals surface area (Å²) in [5.74, 6) is 2.27. The maximum Gasteiger partial charge on any atom is 0.191 e. The monoisotopic (exact) mass is 572 g/mol. The van der Waals surface area contributed by atoms with Gasteiger partial charge in [-0.05, 0) is 36.1 Å². The van der Waals surface area contributed by atoms with Gasteiger partial charge >= 0.3 is 0 Å².